The lowest BCUT2D eigenvalue weighted by Gasteiger charge is -2.04. The first kappa shape index (κ1) is 14.3. The van der Waals surface area contributed by atoms with E-state index in [2.05, 4.69) is 4.98 Å². The molecule has 1 aromatic carbocycles. The van der Waals surface area contributed by atoms with E-state index >= 15 is 0 Å². The number of benzene rings is 1. The zero-order chi connectivity index (χ0) is 13.8. The van der Waals surface area contributed by atoms with Crippen LogP contribution in [0, 0.1) is 6.92 Å². The average Bonchev–Trinajstić information content (AvgIpc) is 2.71. The van der Waals surface area contributed by atoms with Crippen LogP contribution in [0.2, 0.25) is 5.02 Å². The Hall–Kier alpha value is -1.10. The number of nitrogens with zero attached hydrogens (tertiary/aromatic N) is 1. The molecule has 2 rings (SSSR count). The molecule has 2 aromatic rings. The van der Waals surface area contributed by atoms with E-state index in [0.29, 0.717) is 11.6 Å². The maximum atomic E-state index is 5.90. The lowest BCUT2D eigenvalue weighted by atomic mass is 10.2. The quantitative estimate of drug-likeness (QED) is 0.914. The summed E-state index contributed by atoms with van der Waals surface area (Å²) in [4.78, 5) is 5.66. The molecule has 102 valence electrons. The molecule has 5 heteroatoms. The molecule has 0 amide bonds. The number of ether oxygens (including phenoxy) is 1. The second kappa shape index (κ2) is 6.37. The van der Waals surface area contributed by atoms with Crippen molar-refractivity contribution in [2.75, 3.05) is 6.61 Å². The summed E-state index contributed by atoms with van der Waals surface area (Å²) < 4.78 is 5.65. The van der Waals surface area contributed by atoms with Crippen LogP contribution in [0.3, 0.4) is 0 Å². The summed E-state index contributed by atoms with van der Waals surface area (Å²) in [5.41, 5.74) is 6.91. The molecule has 0 aliphatic rings. The molecule has 0 radical (unpaired) electrons. The average molecular weight is 297 g/mol. The van der Waals surface area contributed by atoms with Gasteiger partial charge in [-0.3, -0.25) is 0 Å². The number of hydrogen-bond acceptors (Lipinski definition) is 4. The number of aryl methyl sites for hydroxylation is 1. The van der Waals surface area contributed by atoms with Gasteiger partial charge >= 0.3 is 0 Å². The van der Waals surface area contributed by atoms with Gasteiger partial charge < -0.3 is 10.5 Å². The van der Waals surface area contributed by atoms with Crippen LogP contribution in [0.1, 0.15) is 28.5 Å². The van der Waals surface area contributed by atoms with E-state index in [-0.39, 0.29) is 6.04 Å². The van der Waals surface area contributed by atoms with Crippen LogP contribution >= 0.6 is 22.9 Å². The molecule has 0 bridgehead atoms. The highest BCUT2D eigenvalue weighted by Crippen LogP contribution is 2.24. The van der Waals surface area contributed by atoms with Gasteiger partial charge in [0.25, 0.3) is 0 Å². The molecule has 0 spiro atoms. The monoisotopic (exact) mass is 296 g/mol. The lowest BCUT2D eigenvalue weighted by molar-refractivity contribution is 0.322. The van der Waals surface area contributed by atoms with Crippen molar-refractivity contribution in [3.8, 4) is 5.75 Å². The number of nitrogens with two attached hydrogens (primary N) is 1. The van der Waals surface area contributed by atoms with Crippen LogP contribution in [-0.2, 0) is 6.42 Å². The summed E-state index contributed by atoms with van der Waals surface area (Å²) in [5.74, 6) is 0.785. The molecule has 19 heavy (non-hydrogen) atoms. The van der Waals surface area contributed by atoms with Gasteiger partial charge in [0.1, 0.15) is 5.75 Å². The second-order valence-corrected chi connectivity index (χ2v) is 5.95. The Morgan fingerprint density at radius 2 is 2.26 bits per heavy atom. The topological polar surface area (TPSA) is 48.1 Å². The number of thiazole rings is 1. The summed E-state index contributed by atoms with van der Waals surface area (Å²) in [6.07, 6.45) is 0.782. The van der Waals surface area contributed by atoms with E-state index in [0.717, 1.165) is 27.7 Å². The SMILES string of the molecule is Cc1nc(CCOc2cccc(Cl)c2)sc1C(C)N. The van der Waals surface area contributed by atoms with Crippen LogP contribution in [0.4, 0.5) is 0 Å². The number of halogens is 1. The molecule has 1 heterocycles. The van der Waals surface area contributed by atoms with Crippen molar-refractivity contribution in [3.05, 3.63) is 44.9 Å². The molecule has 3 nitrogen and oxygen atoms in total. The lowest BCUT2D eigenvalue weighted by Crippen LogP contribution is -2.03. The van der Waals surface area contributed by atoms with Gasteiger partial charge in [-0.05, 0) is 32.0 Å². The first-order valence-electron chi connectivity index (χ1n) is 6.16. The van der Waals surface area contributed by atoms with E-state index in [1.165, 1.54) is 0 Å². The van der Waals surface area contributed by atoms with Gasteiger partial charge in [0.05, 0.1) is 17.3 Å². The van der Waals surface area contributed by atoms with Crippen LogP contribution < -0.4 is 10.5 Å². The molecule has 0 saturated heterocycles. The number of aromatic nitrogens is 1. The normalized spacial score (nSPS) is 12.4. The summed E-state index contributed by atoms with van der Waals surface area (Å²) in [5, 5.41) is 1.74. The number of hydrogen-bond donors (Lipinski definition) is 1. The fraction of sp³-hybridized carbons (Fsp3) is 0.357. The molecular formula is C14H17ClN2OS. The predicted molar refractivity (Wildman–Crippen MR) is 80.1 cm³/mol. The van der Waals surface area contributed by atoms with Gasteiger partial charge in [-0.1, -0.05) is 17.7 Å². The van der Waals surface area contributed by atoms with E-state index in [1.807, 2.05) is 38.1 Å². The Kier molecular flexibility index (Phi) is 4.80. The summed E-state index contributed by atoms with van der Waals surface area (Å²) in [7, 11) is 0. The largest absolute Gasteiger partial charge is 0.493 e. The molecule has 1 unspecified atom stereocenters. The molecule has 2 N–H and O–H groups in total. The second-order valence-electron chi connectivity index (χ2n) is 4.40. The van der Waals surface area contributed by atoms with Crippen molar-refractivity contribution in [1.82, 2.24) is 4.98 Å². The van der Waals surface area contributed by atoms with E-state index < -0.39 is 0 Å². The van der Waals surface area contributed by atoms with Crippen molar-refractivity contribution < 1.29 is 4.74 Å². The van der Waals surface area contributed by atoms with Crippen LogP contribution in [0.15, 0.2) is 24.3 Å². The first-order valence-corrected chi connectivity index (χ1v) is 7.36. The molecular weight excluding hydrogens is 280 g/mol. The van der Waals surface area contributed by atoms with E-state index in [9.17, 15) is 0 Å². The molecule has 1 aromatic heterocycles. The zero-order valence-electron chi connectivity index (χ0n) is 11.0. The summed E-state index contributed by atoms with van der Waals surface area (Å²) in [6.45, 7) is 4.56. The maximum absolute atomic E-state index is 5.90. The minimum absolute atomic E-state index is 0.0418. The molecule has 0 saturated carbocycles. The van der Waals surface area contributed by atoms with Crippen molar-refractivity contribution in [1.29, 1.82) is 0 Å². The summed E-state index contributed by atoms with van der Waals surface area (Å²) in [6, 6.07) is 7.45. The molecule has 0 aliphatic heterocycles. The Labute approximate surface area is 122 Å². The molecule has 1 atom stereocenters. The van der Waals surface area contributed by atoms with E-state index in [1.54, 1.807) is 11.3 Å². The minimum atomic E-state index is 0.0418. The van der Waals surface area contributed by atoms with E-state index in [4.69, 9.17) is 22.1 Å². The van der Waals surface area contributed by atoms with Gasteiger partial charge in [0, 0.05) is 22.4 Å². The highest BCUT2D eigenvalue weighted by molar-refractivity contribution is 7.11. The fourth-order valence-corrected chi connectivity index (χ4v) is 2.99. The predicted octanol–water partition coefficient (Wildman–Crippen LogP) is 3.75. The van der Waals surface area contributed by atoms with Crippen molar-refractivity contribution in [3.63, 3.8) is 0 Å². The van der Waals surface area contributed by atoms with Gasteiger partial charge in [0.15, 0.2) is 0 Å². The van der Waals surface area contributed by atoms with Gasteiger partial charge in [0.2, 0.25) is 0 Å². The highest BCUT2D eigenvalue weighted by atomic mass is 35.5. The van der Waals surface area contributed by atoms with Crippen LogP contribution in [0.25, 0.3) is 0 Å². The smallest absolute Gasteiger partial charge is 0.120 e. The third-order valence-electron chi connectivity index (χ3n) is 2.67. The summed E-state index contributed by atoms with van der Waals surface area (Å²) >= 11 is 7.56. The fourth-order valence-electron chi connectivity index (χ4n) is 1.81. The standard InChI is InChI=1S/C14H17ClN2OS/c1-9(16)14-10(2)17-13(19-14)6-7-18-12-5-3-4-11(15)8-12/h3-5,8-9H,6-7,16H2,1-2H3. The number of rotatable bonds is 5. The van der Waals surface area contributed by atoms with Crippen LogP contribution in [-0.4, -0.2) is 11.6 Å². The van der Waals surface area contributed by atoms with Gasteiger partial charge in [-0.2, -0.15) is 0 Å². The zero-order valence-corrected chi connectivity index (χ0v) is 12.6. The van der Waals surface area contributed by atoms with Gasteiger partial charge in [-0.25, -0.2) is 4.98 Å². The Morgan fingerprint density at radius 3 is 2.89 bits per heavy atom. The maximum Gasteiger partial charge on any atom is 0.120 e. The van der Waals surface area contributed by atoms with Crippen molar-refractivity contribution >= 4 is 22.9 Å². The Morgan fingerprint density at radius 1 is 1.47 bits per heavy atom. The highest BCUT2D eigenvalue weighted by Gasteiger charge is 2.10. The van der Waals surface area contributed by atoms with Gasteiger partial charge in [-0.15, -0.1) is 11.3 Å². The van der Waals surface area contributed by atoms with Crippen molar-refractivity contribution in [2.24, 2.45) is 5.73 Å². The molecule has 0 aliphatic carbocycles. The van der Waals surface area contributed by atoms with Crippen LogP contribution in [0.5, 0.6) is 5.75 Å². The Bertz CT molecular complexity index is 554. The van der Waals surface area contributed by atoms with Crippen molar-refractivity contribution in [2.45, 2.75) is 26.3 Å². The Balaban J connectivity index is 1.91. The third-order valence-corrected chi connectivity index (χ3v) is 4.32. The minimum Gasteiger partial charge on any atom is -0.493 e. The third kappa shape index (κ3) is 3.93. The molecule has 0 fully saturated rings. The first-order chi connectivity index (χ1) is 9.06.